The second-order valence-electron chi connectivity index (χ2n) is 5.01. The molecule has 23 heavy (non-hydrogen) atoms. The summed E-state index contributed by atoms with van der Waals surface area (Å²) in [6, 6.07) is 23.0. The van der Waals surface area contributed by atoms with Crippen molar-refractivity contribution in [3.8, 4) is 11.5 Å². The highest BCUT2D eigenvalue weighted by Crippen LogP contribution is 2.46. The average Bonchev–Trinajstić information content (AvgIpc) is 2.59. The highest BCUT2D eigenvalue weighted by Gasteiger charge is 2.38. The molecule has 0 aliphatic carbocycles. The largest absolute Gasteiger partial charge is 0.768 e. The molecule has 0 N–H and O–H groups in total. The van der Waals surface area contributed by atoms with Crippen LogP contribution in [0.15, 0.2) is 92.4 Å². The van der Waals surface area contributed by atoms with Crippen molar-refractivity contribution in [1.82, 2.24) is 0 Å². The van der Waals surface area contributed by atoms with Gasteiger partial charge in [0.15, 0.2) is 16.4 Å². The lowest BCUT2D eigenvalue weighted by atomic mass is 10.3. The lowest BCUT2D eigenvalue weighted by Crippen LogP contribution is -2.12. The molecule has 0 spiro atoms. The van der Waals surface area contributed by atoms with Gasteiger partial charge in [-0.25, -0.2) is 0 Å². The zero-order chi connectivity index (χ0) is 15.8. The smallest absolute Gasteiger partial charge is 0.209 e. The maximum absolute atomic E-state index is 11.1. The standard InChI is InChI=1S/C18H12O3S2/c19-23(20)14-11-9-13(10-12-14)22-17-7-3-1-5-15(17)21-16-6-2-4-8-18(16)22/h1-12H. The summed E-state index contributed by atoms with van der Waals surface area (Å²) >= 11 is -2.20. The molecule has 3 aromatic carbocycles. The fraction of sp³-hybridized carbons (Fsp3) is 0. The van der Waals surface area contributed by atoms with E-state index in [2.05, 4.69) is 12.1 Å². The van der Waals surface area contributed by atoms with E-state index in [0.717, 1.165) is 26.2 Å². The van der Waals surface area contributed by atoms with Gasteiger partial charge in [-0.1, -0.05) is 24.3 Å². The lowest BCUT2D eigenvalue weighted by molar-refractivity contribution is 0.453. The van der Waals surface area contributed by atoms with Crippen LogP contribution in [0.3, 0.4) is 0 Å². The quantitative estimate of drug-likeness (QED) is 0.407. The highest BCUT2D eigenvalue weighted by atomic mass is 32.2. The summed E-state index contributed by atoms with van der Waals surface area (Å²) in [5.41, 5.74) is 0. The minimum atomic E-state index is -2.20. The van der Waals surface area contributed by atoms with Gasteiger partial charge in [0, 0.05) is 4.90 Å². The summed E-state index contributed by atoms with van der Waals surface area (Å²) in [5, 5.41) is 0. The van der Waals surface area contributed by atoms with Crippen LogP contribution in [0, 0.1) is 0 Å². The molecule has 0 saturated heterocycles. The minimum absolute atomic E-state index is 0.298. The number of para-hydroxylation sites is 2. The van der Waals surface area contributed by atoms with Crippen LogP contribution in [0.5, 0.6) is 11.5 Å². The lowest BCUT2D eigenvalue weighted by Gasteiger charge is -2.19. The SMILES string of the molecule is O=S([O-])c1ccc([S+]2c3ccccc3Oc3ccccc32)cc1. The number of hydrogen-bond donors (Lipinski definition) is 0. The topological polar surface area (TPSA) is 49.4 Å². The van der Waals surface area contributed by atoms with Crippen molar-refractivity contribution in [3.63, 3.8) is 0 Å². The molecule has 5 heteroatoms. The van der Waals surface area contributed by atoms with Crippen LogP contribution in [0.1, 0.15) is 0 Å². The Balaban J connectivity index is 1.89. The molecule has 1 atom stereocenters. The summed E-state index contributed by atoms with van der Waals surface area (Å²) in [5.74, 6) is 1.71. The van der Waals surface area contributed by atoms with E-state index in [-0.39, 0.29) is 10.9 Å². The molecule has 1 aliphatic heterocycles. The summed E-state index contributed by atoms with van der Waals surface area (Å²) in [6.07, 6.45) is 0. The fourth-order valence-corrected chi connectivity index (χ4v) is 5.15. The van der Waals surface area contributed by atoms with E-state index in [9.17, 15) is 8.76 Å². The van der Waals surface area contributed by atoms with Gasteiger partial charge in [0.1, 0.15) is 10.9 Å². The first-order chi connectivity index (χ1) is 11.2. The summed E-state index contributed by atoms with van der Waals surface area (Å²) < 4.78 is 28.1. The molecular formula is C18H12O3S2. The number of rotatable bonds is 2. The predicted molar refractivity (Wildman–Crippen MR) is 88.7 cm³/mol. The Morgan fingerprint density at radius 1 is 0.783 bits per heavy atom. The Kier molecular flexibility index (Phi) is 3.69. The molecule has 0 saturated carbocycles. The normalized spacial score (nSPS) is 14.5. The second kappa shape index (κ2) is 5.85. The number of hydrogen-bond acceptors (Lipinski definition) is 3. The zero-order valence-electron chi connectivity index (χ0n) is 12.0. The Labute approximate surface area is 139 Å². The van der Waals surface area contributed by atoms with Crippen molar-refractivity contribution in [1.29, 1.82) is 0 Å². The van der Waals surface area contributed by atoms with Crippen LogP contribution in [0.4, 0.5) is 0 Å². The van der Waals surface area contributed by atoms with Gasteiger partial charge in [0.2, 0.25) is 9.79 Å². The first kappa shape index (κ1) is 14.5. The van der Waals surface area contributed by atoms with Gasteiger partial charge < -0.3 is 9.29 Å². The van der Waals surface area contributed by atoms with Crippen LogP contribution in [0.2, 0.25) is 0 Å². The van der Waals surface area contributed by atoms with E-state index in [1.165, 1.54) is 0 Å². The Bertz CT molecular complexity index is 845. The molecule has 0 amide bonds. The minimum Gasteiger partial charge on any atom is -0.768 e. The molecule has 0 aromatic heterocycles. The van der Waals surface area contributed by atoms with E-state index in [1.807, 2.05) is 48.5 Å². The van der Waals surface area contributed by atoms with Gasteiger partial charge >= 0.3 is 0 Å². The molecular weight excluding hydrogens is 328 g/mol. The summed E-state index contributed by atoms with van der Waals surface area (Å²) in [6.45, 7) is 0. The van der Waals surface area contributed by atoms with Crippen molar-refractivity contribution in [2.75, 3.05) is 0 Å². The van der Waals surface area contributed by atoms with Crippen LogP contribution in [-0.4, -0.2) is 8.76 Å². The van der Waals surface area contributed by atoms with Crippen LogP contribution in [0.25, 0.3) is 0 Å². The van der Waals surface area contributed by atoms with Crippen LogP contribution in [-0.2, 0) is 22.0 Å². The third kappa shape index (κ3) is 2.57. The average molecular weight is 340 g/mol. The van der Waals surface area contributed by atoms with Crippen molar-refractivity contribution < 1.29 is 13.5 Å². The van der Waals surface area contributed by atoms with Crippen LogP contribution < -0.4 is 4.74 Å². The van der Waals surface area contributed by atoms with E-state index < -0.39 is 11.1 Å². The van der Waals surface area contributed by atoms with Crippen LogP contribution >= 0.6 is 0 Å². The molecule has 1 heterocycles. The molecule has 3 aromatic rings. The number of fused-ring (bicyclic) bond motifs is 2. The van der Waals surface area contributed by atoms with E-state index in [1.54, 1.807) is 12.1 Å². The maximum Gasteiger partial charge on any atom is 0.209 e. The van der Waals surface area contributed by atoms with Gasteiger partial charge in [-0.2, -0.15) is 0 Å². The first-order valence-electron chi connectivity index (χ1n) is 7.03. The van der Waals surface area contributed by atoms with E-state index >= 15 is 0 Å². The monoisotopic (exact) mass is 340 g/mol. The number of ether oxygens (including phenoxy) is 1. The second-order valence-corrected chi connectivity index (χ2v) is 7.91. The van der Waals surface area contributed by atoms with Gasteiger partial charge in [0.25, 0.3) is 0 Å². The van der Waals surface area contributed by atoms with E-state index in [4.69, 9.17) is 4.74 Å². The van der Waals surface area contributed by atoms with Crippen molar-refractivity contribution in [2.45, 2.75) is 19.6 Å². The maximum atomic E-state index is 11.1. The zero-order valence-corrected chi connectivity index (χ0v) is 13.6. The third-order valence-electron chi connectivity index (χ3n) is 3.61. The predicted octanol–water partition coefficient (Wildman–Crippen LogP) is 4.13. The van der Waals surface area contributed by atoms with Crippen molar-refractivity contribution in [2.24, 2.45) is 0 Å². The fourth-order valence-electron chi connectivity index (χ4n) is 2.58. The van der Waals surface area contributed by atoms with Crippen molar-refractivity contribution in [3.05, 3.63) is 72.8 Å². The number of benzene rings is 3. The molecule has 0 bridgehead atoms. The molecule has 114 valence electrons. The first-order valence-corrected chi connectivity index (χ1v) is 9.33. The third-order valence-corrected chi connectivity index (χ3v) is 6.56. The molecule has 1 aliphatic rings. The Morgan fingerprint density at radius 3 is 1.83 bits per heavy atom. The highest BCUT2D eigenvalue weighted by molar-refractivity contribution is 7.97. The van der Waals surface area contributed by atoms with Gasteiger partial charge in [0.05, 0.1) is 0 Å². The van der Waals surface area contributed by atoms with Crippen molar-refractivity contribution >= 4 is 22.0 Å². The van der Waals surface area contributed by atoms with Gasteiger partial charge in [-0.15, -0.1) is 0 Å². The molecule has 4 rings (SSSR count). The molecule has 0 radical (unpaired) electrons. The van der Waals surface area contributed by atoms with Gasteiger partial charge in [-0.05, 0) is 59.6 Å². The van der Waals surface area contributed by atoms with E-state index in [0.29, 0.717) is 4.90 Å². The summed E-state index contributed by atoms with van der Waals surface area (Å²) in [4.78, 5) is 3.60. The molecule has 3 nitrogen and oxygen atoms in total. The molecule has 1 unspecified atom stereocenters. The molecule has 0 fully saturated rings. The summed E-state index contributed by atoms with van der Waals surface area (Å²) in [7, 11) is -0.305. The van der Waals surface area contributed by atoms with Gasteiger partial charge in [-0.3, -0.25) is 4.21 Å². The Morgan fingerprint density at radius 2 is 1.30 bits per heavy atom. The Hall–Kier alpha value is -2.08.